The van der Waals surface area contributed by atoms with Gasteiger partial charge in [0.2, 0.25) is 5.91 Å². The van der Waals surface area contributed by atoms with Gasteiger partial charge in [-0.15, -0.1) is 0 Å². The second kappa shape index (κ2) is 11.4. The molecular weight excluding hydrogens is 384 g/mol. The first-order valence-electron chi connectivity index (χ1n) is 10.1. The summed E-state index contributed by atoms with van der Waals surface area (Å²) in [5.41, 5.74) is 10.5. The number of nitrogens with one attached hydrogen (secondary N) is 1. The molecule has 2 rings (SSSR count). The van der Waals surface area contributed by atoms with Crippen LogP contribution >= 0.6 is 0 Å². The highest BCUT2D eigenvalue weighted by atomic mass is 16.5. The zero-order valence-electron chi connectivity index (χ0n) is 18.3. The van der Waals surface area contributed by atoms with Gasteiger partial charge < -0.3 is 25.0 Å². The molecule has 3 N–H and O–H groups in total. The lowest BCUT2D eigenvalue weighted by Crippen LogP contribution is -2.45. The molecule has 1 aromatic rings. The van der Waals surface area contributed by atoms with Gasteiger partial charge in [0.15, 0.2) is 11.5 Å². The summed E-state index contributed by atoms with van der Waals surface area (Å²) in [7, 11) is 5.62. The Balaban J connectivity index is 2.45. The number of ether oxygens (including phenoxy) is 2. The van der Waals surface area contributed by atoms with Crippen molar-refractivity contribution < 1.29 is 14.3 Å². The fourth-order valence-corrected chi connectivity index (χ4v) is 3.31. The maximum absolute atomic E-state index is 13.0. The highest BCUT2D eigenvalue weighted by Gasteiger charge is 2.36. The molecular formula is C21H32N6O3. The van der Waals surface area contributed by atoms with Gasteiger partial charge in [-0.25, -0.2) is 0 Å². The molecule has 1 unspecified atom stereocenters. The van der Waals surface area contributed by atoms with Crippen LogP contribution in [0.25, 0.3) is 0 Å². The Hall–Kier alpha value is -2.83. The average Bonchev–Trinajstić information content (AvgIpc) is 2.73. The van der Waals surface area contributed by atoms with E-state index in [1.165, 1.54) is 0 Å². The Morgan fingerprint density at radius 2 is 2.10 bits per heavy atom. The third-order valence-corrected chi connectivity index (χ3v) is 4.85. The van der Waals surface area contributed by atoms with Crippen LogP contribution in [0, 0.1) is 17.2 Å². The summed E-state index contributed by atoms with van der Waals surface area (Å²) in [6.45, 7) is 4.32. The van der Waals surface area contributed by atoms with Crippen molar-refractivity contribution in [1.29, 1.82) is 5.26 Å². The number of anilines is 1. The van der Waals surface area contributed by atoms with E-state index >= 15 is 0 Å². The number of nitrogens with zero attached hydrogens (tertiary/aromatic N) is 4. The summed E-state index contributed by atoms with van der Waals surface area (Å²) in [5.74, 6) is 0.637. The molecule has 1 aliphatic rings. The molecule has 1 aliphatic heterocycles. The fourth-order valence-electron chi connectivity index (χ4n) is 3.31. The van der Waals surface area contributed by atoms with Crippen LogP contribution in [0.1, 0.15) is 25.3 Å². The van der Waals surface area contributed by atoms with Crippen molar-refractivity contribution in [2.24, 2.45) is 16.8 Å². The predicted octanol–water partition coefficient (Wildman–Crippen LogP) is 1.17. The van der Waals surface area contributed by atoms with Crippen LogP contribution in [0.15, 0.2) is 17.2 Å². The summed E-state index contributed by atoms with van der Waals surface area (Å²) in [5, 5.41) is 13.2. The molecule has 9 nitrogen and oxygen atoms in total. The summed E-state index contributed by atoms with van der Waals surface area (Å²) < 4.78 is 11.5. The lowest BCUT2D eigenvalue weighted by molar-refractivity contribution is -0.120. The van der Waals surface area contributed by atoms with Gasteiger partial charge in [0, 0.05) is 24.7 Å². The normalized spacial score (nSPS) is 17.1. The average molecular weight is 417 g/mol. The molecule has 0 fully saturated rings. The van der Waals surface area contributed by atoms with Crippen molar-refractivity contribution in [2.45, 2.75) is 19.8 Å². The van der Waals surface area contributed by atoms with Gasteiger partial charge in [-0.3, -0.25) is 10.2 Å². The van der Waals surface area contributed by atoms with E-state index in [-0.39, 0.29) is 12.5 Å². The number of carbonyl (C=O) groups excluding carboxylic acids is 1. The van der Waals surface area contributed by atoms with Crippen molar-refractivity contribution in [3.63, 3.8) is 0 Å². The molecule has 1 aromatic carbocycles. The van der Waals surface area contributed by atoms with Gasteiger partial charge in [0.05, 0.1) is 37.1 Å². The van der Waals surface area contributed by atoms with E-state index < -0.39 is 5.92 Å². The van der Waals surface area contributed by atoms with Crippen LogP contribution in [0.3, 0.4) is 0 Å². The van der Waals surface area contributed by atoms with Crippen molar-refractivity contribution in [2.75, 3.05) is 58.9 Å². The number of nitriles is 1. The molecule has 9 heteroatoms. The highest BCUT2D eigenvalue weighted by Crippen LogP contribution is 2.40. The minimum Gasteiger partial charge on any atom is -0.493 e. The minimum absolute atomic E-state index is 0.0562. The van der Waals surface area contributed by atoms with Gasteiger partial charge in [0.25, 0.3) is 0 Å². The molecule has 0 spiro atoms. The number of nitrogens with two attached hydrogens (primary N) is 1. The summed E-state index contributed by atoms with van der Waals surface area (Å²) >= 11 is 0. The van der Waals surface area contributed by atoms with Crippen LogP contribution < -0.4 is 25.5 Å². The quantitative estimate of drug-likeness (QED) is 0.316. The fraction of sp³-hybridized carbons (Fsp3) is 0.571. The number of fused-ring (bicyclic) bond motifs is 1. The Kier molecular flexibility index (Phi) is 8.89. The van der Waals surface area contributed by atoms with Gasteiger partial charge in [-0.05, 0) is 46.5 Å². The molecule has 30 heavy (non-hydrogen) atoms. The molecule has 0 aromatic heterocycles. The van der Waals surface area contributed by atoms with Gasteiger partial charge in [0.1, 0.15) is 6.54 Å². The van der Waals surface area contributed by atoms with Crippen molar-refractivity contribution in [3.8, 4) is 17.6 Å². The molecule has 0 saturated heterocycles. The van der Waals surface area contributed by atoms with E-state index in [2.05, 4.69) is 15.4 Å². The minimum atomic E-state index is -0.462. The van der Waals surface area contributed by atoms with E-state index in [0.717, 1.165) is 18.5 Å². The number of rotatable bonds is 11. The number of benzene rings is 1. The molecule has 1 atom stereocenters. The standard InChI is InChI=1S/C21H32N6O3/c1-15-20(25-24-9-8-23)16-13-19(30-12-6-10-26(2)3)18(29-4)14-17(16)27(21(15)28)11-5-7-22/h13-15,24H,5-7,9-12,22H2,1-4H3/b25-20+. The second-order valence-electron chi connectivity index (χ2n) is 7.37. The maximum Gasteiger partial charge on any atom is 0.235 e. The number of carbonyl (C=O) groups is 1. The van der Waals surface area contributed by atoms with Gasteiger partial charge in [-0.1, -0.05) is 0 Å². The largest absolute Gasteiger partial charge is 0.493 e. The topological polar surface area (TPSA) is 116 Å². The Morgan fingerprint density at radius 1 is 1.33 bits per heavy atom. The van der Waals surface area contributed by atoms with Gasteiger partial charge >= 0.3 is 0 Å². The van der Waals surface area contributed by atoms with E-state index in [1.807, 2.05) is 39.2 Å². The molecule has 1 heterocycles. The molecule has 0 saturated carbocycles. The molecule has 1 amide bonds. The number of hydrogen-bond acceptors (Lipinski definition) is 8. The number of methoxy groups -OCH3 is 1. The highest BCUT2D eigenvalue weighted by molar-refractivity contribution is 6.23. The predicted molar refractivity (Wildman–Crippen MR) is 117 cm³/mol. The number of amides is 1. The Bertz CT molecular complexity index is 803. The van der Waals surface area contributed by atoms with E-state index in [9.17, 15) is 4.79 Å². The first-order valence-corrected chi connectivity index (χ1v) is 10.1. The van der Waals surface area contributed by atoms with Crippen molar-refractivity contribution in [1.82, 2.24) is 10.3 Å². The van der Waals surface area contributed by atoms with E-state index in [0.29, 0.717) is 49.0 Å². The first-order chi connectivity index (χ1) is 14.4. The monoisotopic (exact) mass is 416 g/mol. The van der Waals surface area contributed by atoms with Crippen LogP contribution in [-0.4, -0.2) is 70.5 Å². The summed E-state index contributed by atoms with van der Waals surface area (Å²) in [6, 6.07) is 5.68. The molecule has 0 aliphatic carbocycles. The van der Waals surface area contributed by atoms with Crippen LogP contribution in [0.2, 0.25) is 0 Å². The summed E-state index contributed by atoms with van der Waals surface area (Å²) in [6.07, 6.45) is 1.55. The number of hydrogen-bond donors (Lipinski definition) is 2. The van der Waals surface area contributed by atoms with E-state index in [4.69, 9.17) is 20.5 Å². The van der Waals surface area contributed by atoms with Crippen LogP contribution in [0.5, 0.6) is 11.5 Å². The Labute approximate surface area is 178 Å². The third kappa shape index (κ3) is 5.62. The van der Waals surface area contributed by atoms with Crippen molar-refractivity contribution >= 4 is 17.3 Å². The van der Waals surface area contributed by atoms with Crippen LogP contribution in [0.4, 0.5) is 5.69 Å². The zero-order chi connectivity index (χ0) is 22.1. The first kappa shape index (κ1) is 23.4. The molecule has 0 radical (unpaired) electrons. The zero-order valence-corrected chi connectivity index (χ0v) is 18.3. The summed E-state index contributed by atoms with van der Waals surface area (Å²) in [4.78, 5) is 16.9. The maximum atomic E-state index is 13.0. The second-order valence-corrected chi connectivity index (χ2v) is 7.37. The Morgan fingerprint density at radius 3 is 2.73 bits per heavy atom. The lowest BCUT2D eigenvalue weighted by atomic mass is 9.90. The van der Waals surface area contributed by atoms with E-state index in [1.54, 1.807) is 12.0 Å². The SMILES string of the molecule is COc1cc2c(cc1OCCCN(C)C)/C(=N/NCC#N)C(C)C(=O)N2CCCN. The van der Waals surface area contributed by atoms with Gasteiger partial charge in [-0.2, -0.15) is 10.4 Å². The number of hydrazone groups is 1. The lowest BCUT2D eigenvalue weighted by Gasteiger charge is -2.34. The third-order valence-electron chi connectivity index (χ3n) is 4.85. The smallest absolute Gasteiger partial charge is 0.235 e. The van der Waals surface area contributed by atoms with Crippen LogP contribution in [-0.2, 0) is 4.79 Å². The van der Waals surface area contributed by atoms with Crippen molar-refractivity contribution in [3.05, 3.63) is 17.7 Å². The molecule has 164 valence electrons. The molecule has 0 bridgehead atoms.